The third-order valence-corrected chi connectivity index (χ3v) is 3.67. The number of carbonyl (C=O) groups is 1. The van der Waals surface area contributed by atoms with Crippen LogP contribution in [0.5, 0.6) is 0 Å². The fourth-order valence-electron chi connectivity index (χ4n) is 2.38. The van der Waals surface area contributed by atoms with Crippen LogP contribution in [0.4, 0.5) is 5.95 Å². The Morgan fingerprint density at radius 2 is 2.09 bits per heavy atom. The van der Waals surface area contributed by atoms with Gasteiger partial charge in [0.25, 0.3) is 5.91 Å². The Kier molecular flexibility index (Phi) is 6.09. The molecule has 0 aliphatic carbocycles. The predicted molar refractivity (Wildman–Crippen MR) is 85.0 cm³/mol. The highest BCUT2D eigenvalue weighted by atomic mass is 16.5. The van der Waals surface area contributed by atoms with E-state index in [1.54, 1.807) is 19.4 Å². The summed E-state index contributed by atoms with van der Waals surface area (Å²) in [5.74, 6) is 0.468. The van der Waals surface area contributed by atoms with E-state index >= 15 is 0 Å². The average molecular weight is 307 g/mol. The quantitative estimate of drug-likeness (QED) is 0.800. The van der Waals surface area contributed by atoms with Gasteiger partial charge in [0.15, 0.2) is 0 Å². The van der Waals surface area contributed by atoms with Crippen LogP contribution in [-0.4, -0.2) is 79.2 Å². The van der Waals surface area contributed by atoms with Crippen molar-refractivity contribution in [1.82, 2.24) is 19.8 Å². The lowest BCUT2D eigenvalue weighted by Crippen LogP contribution is -2.41. The minimum Gasteiger partial charge on any atom is -0.376 e. The van der Waals surface area contributed by atoms with Crippen molar-refractivity contribution in [3.63, 3.8) is 0 Å². The van der Waals surface area contributed by atoms with E-state index in [1.165, 1.54) is 0 Å². The third-order valence-electron chi connectivity index (χ3n) is 3.67. The standard InChI is InChI=1S/C15H25N5O2/c1-16-15-17-9-12(10-18-15)14(21)20(7-6-19(2)3)11-13-5-4-8-22-13/h9-10,13H,4-8,11H2,1-3H3,(H,16,17,18). The second kappa shape index (κ2) is 8.05. The molecule has 2 heterocycles. The molecule has 1 aromatic rings. The van der Waals surface area contributed by atoms with E-state index in [2.05, 4.69) is 20.2 Å². The minimum atomic E-state index is -0.0417. The van der Waals surface area contributed by atoms with Crippen molar-refractivity contribution in [1.29, 1.82) is 0 Å². The van der Waals surface area contributed by atoms with Gasteiger partial charge in [-0.3, -0.25) is 4.79 Å². The molecule has 1 aliphatic rings. The molecule has 0 saturated carbocycles. The number of hydrogen-bond acceptors (Lipinski definition) is 6. The number of amides is 1. The van der Waals surface area contributed by atoms with Gasteiger partial charge in [-0.15, -0.1) is 0 Å². The molecule has 1 fully saturated rings. The maximum Gasteiger partial charge on any atom is 0.257 e. The lowest BCUT2D eigenvalue weighted by atomic mass is 10.2. The molecule has 0 aromatic carbocycles. The molecule has 7 nitrogen and oxygen atoms in total. The molecule has 1 aromatic heterocycles. The van der Waals surface area contributed by atoms with Gasteiger partial charge < -0.3 is 19.9 Å². The summed E-state index contributed by atoms with van der Waals surface area (Å²) in [6.45, 7) is 2.90. The fourth-order valence-corrected chi connectivity index (χ4v) is 2.38. The van der Waals surface area contributed by atoms with Gasteiger partial charge in [-0.1, -0.05) is 0 Å². The summed E-state index contributed by atoms with van der Waals surface area (Å²) in [6.07, 6.45) is 5.36. The maximum absolute atomic E-state index is 12.7. The SMILES string of the molecule is CNc1ncc(C(=O)N(CCN(C)C)CC2CCCO2)cn1. The molecule has 0 radical (unpaired) electrons. The molecular formula is C15H25N5O2. The monoisotopic (exact) mass is 307 g/mol. The zero-order chi connectivity index (χ0) is 15.9. The molecule has 1 aliphatic heterocycles. The highest BCUT2D eigenvalue weighted by Crippen LogP contribution is 2.15. The Morgan fingerprint density at radius 1 is 1.36 bits per heavy atom. The Hall–Kier alpha value is -1.73. The molecule has 0 spiro atoms. The number of nitrogens with one attached hydrogen (secondary N) is 1. The molecular weight excluding hydrogens is 282 g/mol. The van der Waals surface area contributed by atoms with Crippen molar-refractivity contribution in [3.8, 4) is 0 Å². The summed E-state index contributed by atoms with van der Waals surface area (Å²) in [5, 5.41) is 2.85. The molecule has 1 N–H and O–H groups in total. The van der Waals surface area contributed by atoms with Crippen molar-refractivity contribution in [2.75, 3.05) is 52.7 Å². The number of hydrogen-bond donors (Lipinski definition) is 1. The molecule has 1 saturated heterocycles. The zero-order valence-corrected chi connectivity index (χ0v) is 13.6. The van der Waals surface area contributed by atoms with Crippen molar-refractivity contribution >= 4 is 11.9 Å². The number of anilines is 1. The number of rotatable bonds is 7. The topological polar surface area (TPSA) is 70.6 Å². The largest absolute Gasteiger partial charge is 0.376 e. The van der Waals surface area contributed by atoms with Gasteiger partial charge >= 0.3 is 0 Å². The number of aromatic nitrogens is 2. The lowest BCUT2D eigenvalue weighted by molar-refractivity contribution is 0.0511. The summed E-state index contributed by atoms with van der Waals surface area (Å²) in [6, 6.07) is 0. The second-order valence-corrected chi connectivity index (χ2v) is 5.73. The Labute approximate surface area is 131 Å². The predicted octanol–water partition coefficient (Wildman–Crippen LogP) is 0.701. The van der Waals surface area contributed by atoms with Gasteiger partial charge in [-0.05, 0) is 26.9 Å². The van der Waals surface area contributed by atoms with Crippen LogP contribution in [0, 0.1) is 0 Å². The molecule has 1 unspecified atom stereocenters. The fraction of sp³-hybridized carbons (Fsp3) is 0.667. The van der Waals surface area contributed by atoms with E-state index < -0.39 is 0 Å². The van der Waals surface area contributed by atoms with Crippen molar-refractivity contribution in [3.05, 3.63) is 18.0 Å². The molecule has 22 heavy (non-hydrogen) atoms. The molecule has 1 amide bonds. The lowest BCUT2D eigenvalue weighted by Gasteiger charge is -2.26. The van der Waals surface area contributed by atoms with Gasteiger partial charge in [0.2, 0.25) is 5.95 Å². The van der Waals surface area contributed by atoms with Gasteiger partial charge in [-0.2, -0.15) is 0 Å². The van der Waals surface area contributed by atoms with Crippen LogP contribution in [0.15, 0.2) is 12.4 Å². The van der Waals surface area contributed by atoms with Gasteiger partial charge in [0, 0.05) is 45.7 Å². The summed E-state index contributed by atoms with van der Waals surface area (Å²) in [5.41, 5.74) is 0.510. The Morgan fingerprint density at radius 3 is 2.64 bits per heavy atom. The van der Waals surface area contributed by atoms with Crippen molar-refractivity contribution in [2.45, 2.75) is 18.9 Å². The minimum absolute atomic E-state index is 0.0417. The van der Waals surface area contributed by atoms with E-state index in [0.29, 0.717) is 24.6 Å². The first-order valence-electron chi connectivity index (χ1n) is 7.65. The Bertz CT molecular complexity index is 471. The van der Waals surface area contributed by atoms with Gasteiger partial charge in [-0.25, -0.2) is 9.97 Å². The van der Waals surface area contributed by atoms with Crippen LogP contribution < -0.4 is 5.32 Å². The molecule has 7 heteroatoms. The first kappa shape index (κ1) is 16.6. The van der Waals surface area contributed by atoms with Gasteiger partial charge in [0.05, 0.1) is 11.7 Å². The van der Waals surface area contributed by atoms with E-state index in [9.17, 15) is 4.79 Å². The summed E-state index contributed by atoms with van der Waals surface area (Å²) >= 11 is 0. The molecule has 122 valence electrons. The van der Waals surface area contributed by atoms with Crippen LogP contribution in [0.2, 0.25) is 0 Å². The number of nitrogens with zero attached hydrogens (tertiary/aromatic N) is 4. The second-order valence-electron chi connectivity index (χ2n) is 5.73. The summed E-state index contributed by atoms with van der Waals surface area (Å²) in [7, 11) is 5.75. The van der Waals surface area contributed by atoms with Crippen molar-refractivity contribution in [2.24, 2.45) is 0 Å². The van der Waals surface area contributed by atoms with Crippen LogP contribution >= 0.6 is 0 Å². The third kappa shape index (κ3) is 4.64. The van der Waals surface area contributed by atoms with Crippen LogP contribution in [0.1, 0.15) is 23.2 Å². The normalized spacial score (nSPS) is 17.7. The van der Waals surface area contributed by atoms with Crippen molar-refractivity contribution < 1.29 is 9.53 Å². The first-order valence-corrected chi connectivity index (χ1v) is 7.65. The van der Waals surface area contributed by atoms with E-state index in [-0.39, 0.29) is 12.0 Å². The van der Waals surface area contributed by atoms with E-state index in [1.807, 2.05) is 19.0 Å². The highest BCUT2D eigenvalue weighted by molar-refractivity contribution is 5.93. The van der Waals surface area contributed by atoms with Crippen LogP contribution in [0.3, 0.4) is 0 Å². The number of likely N-dealkylation sites (N-methyl/N-ethyl adjacent to an activating group) is 1. The zero-order valence-electron chi connectivity index (χ0n) is 13.6. The molecule has 2 rings (SSSR count). The first-order chi connectivity index (χ1) is 10.6. The number of ether oxygens (including phenoxy) is 1. The van der Waals surface area contributed by atoms with Crippen LogP contribution in [-0.2, 0) is 4.74 Å². The van der Waals surface area contributed by atoms with E-state index in [0.717, 1.165) is 26.0 Å². The van der Waals surface area contributed by atoms with Crippen LogP contribution in [0.25, 0.3) is 0 Å². The molecule has 0 bridgehead atoms. The highest BCUT2D eigenvalue weighted by Gasteiger charge is 2.23. The average Bonchev–Trinajstić information content (AvgIpc) is 3.03. The smallest absolute Gasteiger partial charge is 0.257 e. The maximum atomic E-state index is 12.7. The van der Waals surface area contributed by atoms with Gasteiger partial charge in [0.1, 0.15) is 0 Å². The Balaban J connectivity index is 2.05. The summed E-state index contributed by atoms with van der Waals surface area (Å²) < 4.78 is 5.66. The number of carbonyl (C=O) groups excluding carboxylic acids is 1. The summed E-state index contributed by atoms with van der Waals surface area (Å²) in [4.78, 5) is 24.8. The molecule has 1 atom stereocenters. The van der Waals surface area contributed by atoms with E-state index in [4.69, 9.17) is 4.74 Å².